The second kappa shape index (κ2) is 5.45. The molecule has 0 fully saturated rings. The van der Waals surface area contributed by atoms with Crippen LogP contribution in [0.1, 0.15) is 6.92 Å². The number of rotatable bonds is 2. The predicted octanol–water partition coefficient (Wildman–Crippen LogP) is 1.09. The van der Waals surface area contributed by atoms with E-state index in [2.05, 4.69) is 16.1 Å². The lowest BCUT2D eigenvalue weighted by molar-refractivity contribution is 0.358. The Balaban J connectivity index is 3.66. The van der Waals surface area contributed by atoms with Crippen LogP contribution < -0.4 is 0 Å². The first kappa shape index (κ1) is 8.31. The SMILES string of the molecule is C#CC#C[PH](=O)OCC. The highest BCUT2D eigenvalue weighted by atomic mass is 31.1. The lowest BCUT2D eigenvalue weighted by Crippen LogP contribution is -1.72. The molecule has 0 saturated carbocycles. The molecule has 48 valence electrons. The molecule has 9 heavy (non-hydrogen) atoms. The minimum Gasteiger partial charge on any atom is -0.322 e. The van der Waals surface area contributed by atoms with Gasteiger partial charge in [-0.2, -0.15) is 0 Å². The molecule has 0 aromatic heterocycles. The highest BCUT2D eigenvalue weighted by Crippen LogP contribution is 2.17. The zero-order valence-electron chi connectivity index (χ0n) is 5.10. The summed E-state index contributed by atoms with van der Waals surface area (Å²) in [5.41, 5.74) is 2.27. The third-order valence-electron chi connectivity index (χ3n) is 0.512. The van der Waals surface area contributed by atoms with Crippen LogP contribution in [-0.2, 0) is 9.09 Å². The highest BCUT2D eigenvalue weighted by Gasteiger charge is 1.85. The third-order valence-corrected chi connectivity index (χ3v) is 1.39. The lowest BCUT2D eigenvalue weighted by atomic mass is 10.7. The maximum atomic E-state index is 10.5. The van der Waals surface area contributed by atoms with Crippen molar-refractivity contribution in [2.75, 3.05) is 6.61 Å². The predicted molar refractivity (Wildman–Crippen MR) is 37.2 cm³/mol. The second-order valence-corrected chi connectivity index (χ2v) is 2.23. The summed E-state index contributed by atoms with van der Waals surface area (Å²) in [5, 5.41) is 0. The van der Waals surface area contributed by atoms with Gasteiger partial charge in [0.15, 0.2) is 0 Å². The Morgan fingerprint density at radius 2 is 2.44 bits per heavy atom. The highest BCUT2D eigenvalue weighted by molar-refractivity contribution is 7.45. The van der Waals surface area contributed by atoms with E-state index in [1.807, 2.05) is 5.92 Å². The topological polar surface area (TPSA) is 26.3 Å². The molecule has 3 heteroatoms. The molecule has 0 amide bonds. The monoisotopic (exact) mass is 142 g/mol. The van der Waals surface area contributed by atoms with Gasteiger partial charge < -0.3 is 4.52 Å². The fourth-order valence-electron chi connectivity index (χ4n) is 0.254. The van der Waals surface area contributed by atoms with Crippen LogP contribution in [0.4, 0.5) is 0 Å². The Labute approximate surface area is 55.5 Å². The van der Waals surface area contributed by atoms with Crippen molar-refractivity contribution in [2.24, 2.45) is 0 Å². The number of hydrogen-bond acceptors (Lipinski definition) is 2. The average Bonchev–Trinajstić information content (AvgIpc) is 1.85. The molecule has 1 atom stereocenters. The Hall–Kier alpha value is -0.690. The molecule has 0 bridgehead atoms. The van der Waals surface area contributed by atoms with E-state index in [4.69, 9.17) is 6.42 Å². The summed E-state index contributed by atoms with van der Waals surface area (Å²) in [5.74, 6) is 4.26. The van der Waals surface area contributed by atoms with E-state index >= 15 is 0 Å². The molecule has 0 aliphatic heterocycles. The van der Waals surface area contributed by atoms with Crippen LogP contribution in [0.2, 0.25) is 0 Å². The zero-order chi connectivity index (χ0) is 7.11. The molecule has 0 aromatic carbocycles. The summed E-state index contributed by atoms with van der Waals surface area (Å²) in [6.07, 6.45) is 4.77. The van der Waals surface area contributed by atoms with Gasteiger partial charge in [-0.1, -0.05) is 0 Å². The smallest absolute Gasteiger partial charge is 0.263 e. The fraction of sp³-hybridized carbons (Fsp3) is 0.333. The molecule has 0 N–H and O–H groups in total. The first-order valence-corrected chi connectivity index (χ1v) is 3.76. The average molecular weight is 142 g/mol. The van der Waals surface area contributed by atoms with E-state index in [0.717, 1.165) is 0 Å². The Morgan fingerprint density at radius 1 is 1.78 bits per heavy atom. The van der Waals surface area contributed by atoms with Crippen molar-refractivity contribution in [2.45, 2.75) is 6.92 Å². The fourth-order valence-corrected chi connectivity index (χ4v) is 0.763. The van der Waals surface area contributed by atoms with Crippen LogP contribution in [0.5, 0.6) is 0 Å². The van der Waals surface area contributed by atoms with E-state index < -0.39 is 8.03 Å². The van der Waals surface area contributed by atoms with E-state index in [-0.39, 0.29) is 0 Å². The Bertz CT molecular complexity index is 191. The lowest BCUT2D eigenvalue weighted by Gasteiger charge is -1.87. The summed E-state index contributed by atoms with van der Waals surface area (Å²) >= 11 is 0. The van der Waals surface area contributed by atoms with Gasteiger partial charge in [-0.05, 0) is 18.8 Å². The molecule has 0 spiro atoms. The molecular formula is C6H7O2P. The Morgan fingerprint density at radius 3 is 2.89 bits per heavy atom. The van der Waals surface area contributed by atoms with Crippen molar-refractivity contribution in [1.82, 2.24) is 0 Å². The van der Waals surface area contributed by atoms with Crippen molar-refractivity contribution >= 4 is 8.03 Å². The molecule has 0 saturated heterocycles. The summed E-state index contributed by atoms with van der Waals surface area (Å²) in [4.78, 5) is 0. The number of hydrogen-bond donors (Lipinski definition) is 0. The summed E-state index contributed by atoms with van der Waals surface area (Å²) < 4.78 is 15.1. The molecule has 2 nitrogen and oxygen atoms in total. The van der Waals surface area contributed by atoms with Gasteiger partial charge in [-0.15, -0.1) is 6.42 Å². The molecule has 0 aliphatic rings. The van der Waals surface area contributed by atoms with Crippen LogP contribution in [0.25, 0.3) is 0 Å². The summed E-state index contributed by atoms with van der Waals surface area (Å²) in [6, 6.07) is 0. The Kier molecular flexibility index (Phi) is 5.03. The minimum atomic E-state index is -2.16. The van der Waals surface area contributed by atoms with Crippen molar-refractivity contribution in [3.8, 4) is 23.9 Å². The number of terminal acetylenes is 1. The molecular weight excluding hydrogens is 135 g/mol. The normalized spacial score (nSPS) is 10.7. The summed E-state index contributed by atoms with van der Waals surface area (Å²) in [6.45, 7) is 2.16. The van der Waals surface area contributed by atoms with E-state index in [9.17, 15) is 4.57 Å². The van der Waals surface area contributed by atoms with E-state index in [1.165, 1.54) is 0 Å². The van der Waals surface area contributed by atoms with Gasteiger partial charge in [0.25, 0.3) is 8.03 Å². The van der Waals surface area contributed by atoms with Crippen LogP contribution in [-0.4, -0.2) is 6.61 Å². The molecule has 1 unspecified atom stereocenters. The quantitative estimate of drug-likeness (QED) is 0.426. The standard InChI is InChI=1S/C6H7O2P/c1-3-5-6-9(7)8-4-2/h1,9H,4H2,2H3. The maximum absolute atomic E-state index is 10.5. The van der Waals surface area contributed by atoms with Gasteiger partial charge in [-0.3, -0.25) is 4.57 Å². The zero-order valence-corrected chi connectivity index (χ0v) is 6.10. The van der Waals surface area contributed by atoms with Gasteiger partial charge in [0, 0.05) is 5.66 Å². The van der Waals surface area contributed by atoms with Gasteiger partial charge in [0.2, 0.25) is 0 Å². The van der Waals surface area contributed by atoms with Crippen molar-refractivity contribution < 1.29 is 9.09 Å². The first-order chi connectivity index (χ1) is 4.31. The molecule has 0 aliphatic carbocycles. The van der Waals surface area contributed by atoms with Gasteiger partial charge >= 0.3 is 0 Å². The van der Waals surface area contributed by atoms with E-state index in [0.29, 0.717) is 6.61 Å². The molecule has 0 radical (unpaired) electrons. The molecule has 0 rings (SSSR count). The molecule has 0 aromatic rings. The van der Waals surface area contributed by atoms with Crippen molar-refractivity contribution in [3.05, 3.63) is 0 Å². The van der Waals surface area contributed by atoms with Gasteiger partial charge in [-0.25, -0.2) is 0 Å². The van der Waals surface area contributed by atoms with E-state index in [1.54, 1.807) is 6.92 Å². The van der Waals surface area contributed by atoms with Crippen LogP contribution >= 0.6 is 8.03 Å². The maximum Gasteiger partial charge on any atom is 0.263 e. The van der Waals surface area contributed by atoms with Gasteiger partial charge in [0.1, 0.15) is 0 Å². The summed E-state index contributed by atoms with van der Waals surface area (Å²) in [7, 11) is -2.16. The minimum absolute atomic E-state index is 0.414. The van der Waals surface area contributed by atoms with Crippen LogP contribution in [0.15, 0.2) is 0 Å². The molecule has 0 heterocycles. The van der Waals surface area contributed by atoms with Crippen LogP contribution in [0, 0.1) is 23.9 Å². The third kappa shape index (κ3) is 5.18. The van der Waals surface area contributed by atoms with Crippen molar-refractivity contribution in [3.63, 3.8) is 0 Å². The largest absolute Gasteiger partial charge is 0.322 e. The van der Waals surface area contributed by atoms with Crippen molar-refractivity contribution in [1.29, 1.82) is 0 Å². The first-order valence-electron chi connectivity index (χ1n) is 2.44. The van der Waals surface area contributed by atoms with Gasteiger partial charge in [0.05, 0.1) is 6.61 Å². The van der Waals surface area contributed by atoms with Crippen LogP contribution in [0.3, 0.4) is 0 Å². The second-order valence-electron chi connectivity index (χ2n) is 1.11.